The maximum absolute atomic E-state index is 12.4. The van der Waals surface area contributed by atoms with E-state index in [1.807, 2.05) is 22.9 Å². The van der Waals surface area contributed by atoms with Crippen molar-refractivity contribution in [3.05, 3.63) is 39.1 Å². The van der Waals surface area contributed by atoms with Crippen LogP contribution in [0, 0.1) is 0 Å². The van der Waals surface area contributed by atoms with Crippen molar-refractivity contribution in [3.63, 3.8) is 0 Å². The zero-order valence-electron chi connectivity index (χ0n) is 12.5. The molecule has 0 aliphatic rings. The number of H-pyrrole nitrogens is 1. The number of amidine groups is 1. The van der Waals surface area contributed by atoms with Gasteiger partial charge in [0.2, 0.25) is 0 Å². The van der Waals surface area contributed by atoms with Gasteiger partial charge in [-0.2, -0.15) is 0 Å². The molecule has 0 saturated heterocycles. The SMILES string of the molecule is CCCN=C(N)SCc1nc2scc(-c3cccs3)c2c(=O)[nH]1. The Morgan fingerprint density at radius 1 is 1.48 bits per heavy atom. The molecule has 0 aliphatic heterocycles. The van der Waals surface area contributed by atoms with E-state index in [0.717, 1.165) is 28.2 Å². The fraction of sp³-hybridized carbons (Fsp3) is 0.267. The standard InChI is InChI=1S/C15H16N4OS3/c1-2-5-17-15(16)23-8-11-18-13(20)12-9(7-22-14(12)19-11)10-4-3-6-21-10/h3-4,6-7H,2,5,8H2,1H3,(H2,16,17)(H,18,19,20). The number of nitrogens with one attached hydrogen (secondary N) is 1. The summed E-state index contributed by atoms with van der Waals surface area (Å²) >= 11 is 4.51. The summed E-state index contributed by atoms with van der Waals surface area (Å²) < 4.78 is 0. The molecule has 0 radical (unpaired) electrons. The summed E-state index contributed by atoms with van der Waals surface area (Å²) in [6.07, 6.45) is 0.961. The largest absolute Gasteiger partial charge is 0.379 e. The van der Waals surface area contributed by atoms with Crippen LogP contribution < -0.4 is 11.3 Å². The molecule has 0 unspecified atom stereocenters. The van der Waals surface area contributed by atoms with E-state index in [9.17, 15) is 4.79 Å². The number of hydrogen-bond acceptors (Lipinski definition) is 6. The van der Waals surface area contributed by atoms with Gasteiger partial charge in [0.05, 0.1) is 11.1 Å². The Balaban J connectivity index is 1.87. The highest BCUT2D eigenvalue weighted by molar-refractivity contribution is 8.13. The second-order valence-corrected chi connectivity index (χ2v) is 7.63. The highest BCUT2D eigenvalue weighted by atomic mass is 32.2. The number of thioether (sulfide) groups is 1. The molecule has 0 saturated carbocycles. The highest BCUT2D eigenvalue weighted by Gasteiger charge is 2.13. The summed E-state index contributed by atoms with van der Waals surface area (Å²) in [5, 5.41) is 5.19. The van der Waals surface area contributed by atoms with Gasteiger partial charge in [-0.05, 0) is 17.9 Å². The number of nitrogens with two attached hydrogens (primary N) is 1. The summed E-state index contributed by atoms with van der Waals surface area (Å²) in [5.41, 5.74) is 6.68. The lowest BCUT2D eigenvalue weighted by atomic mass is 10.2. The van der Waals surface area contributed by atoms with Gasteiger partial charge in [-0.25, -0.2) is 4.98 Å². The van der Waals surface area contributed by atoms with Crippen LogP contribution in [0.3, 0.4) is 0 Å². The topological polar surface area (TPSA) is 84.1 Å². The van der Waals surface area contributed by atoms with Gasteiger partial charge < -0.3 is 10.7 Å². The summed E-state index contributed by atoms with van der Waals surface area (Å²) in [5.74, 6) is 1.14. The van der Waals surface area contributed by atoms with E-state index < -0.39 is 0 Å². The molecule has 8 heteroatoms. The van der Waals surface area contributed by atoms with Crippen LogP contribution in [0.5, 0.6) is 0 Å². The van der Waals surface area contributed by atoms with Crippen molar-refractivity contribution in [2.45, 2.75) is 19.1 Å². The molecule has 0 spiro atoms. The Bertz CT molecular complexity index is 880. The number of fused-ring (bicyclic) bond motifs is 1. The van der Waals surface area contributed by atoms with Gasteiger partial charge in [0, 0.05) is 22.4 Å². The van der Waals surface area contributed by atoms with E-state index in [-0.39, 0.29) is 5.56 Å². The van der Waals surface area contributed by atoms with E-state index in [0.29, 0.717) is 22.1 Å². The normalized spacial score (nSPS) is 12.1. The first-order chi connectivity index (χ1) is 11.2. The second kappa shape index (κ2) is 7.29. The summed E-state index contributed by atoms with van der Waals surface area (Å²) in [4.78, 5) is 25.9. The highest BCUT2D eigenvalue weighted by Crippen LogP contribution is 2.33. The fourth-order valence-corrected chi connectivity index (χ4v) is 4.47. The van der Waals surface area contributed by atoms with Crippen molar-refractivity contribution in [2.24, 2.45) is 10.7 Å². The summed E-state index contributed by atoms with van der Waals surface area (Å²) in [7, 11) is 0. The molecule has 5 nitrogen and oxygen atoms in total. The van der Waals surface area contributed by atoms with Gasteiger partial charge in [-0.3, -0.25) is 9.79 Å². The van der Waals surface area contributed by atoms with Crippen molar-refractivity contribution >= 4 is 49.8 Å². The minimum Gasteiger partial charge on any atom is -0.379 e. The van der Waals surface area contributed by atoms with Crippen LogP contribution >= 0.6 is 34.4 Å². The molecule has 3 aromatic heterocycles. The van der Waals surface area contributed by atoms with Crippen LogP contribution in [0.4, 0.5) is 0 Å². The lowest BCUT2D eigenvalue weighted by molar-refractivity contribution is 0.933. The molecule has 0 bridgehead atoms. The third-order valence-electron chi connectivity index (χ3n) is 3.13. The van der Waals surface area contributed by atoms with Crippen molar-refractivity contribution in [2.75, 3.05) is 6.54 Å². The van der Waals surface area contributed by atoms with Gasteiger partial charge in [0.1, 0.15) is 10.7 Å². The van der Waals surface area contributed by atoms with Gasteiger partial charge in [-0.1, -0.05) is 24.8 Å². The van der Waals surface area contributed by atoms with Crippen molar-refractivity contribution < 1.29 is 0 Å². The molecular weight excluding hydrogens is 348 g/mol. The van der Waals surface area contributed by atoms with Crippen LogP contribution in [0.25, 0.3) is 20.7 Å². The first kappa shape index (κ1) is 16.2. The molecule has 0 aliphatic carbocycles. The zero-order chi connectivity index (χ0) is 16.2. The Kier molecular flexibility index (Phi) is 5.14. The molecule has 3 heterocycles. The molecule has 23 heavy (non-hydrogen) atoms. The predicted molar refractivity (Wildman–Crippen MR) is 102 cm³/mol. The molecule has 0 fully saturated rings. The van der Waals surface area contributed by atoms with Crippen molar-refractivity contribution in [1.29, 1.82) is 0 Å². The maximum Gasteiger partial charge on any atom is 0.260 e. The average molecular weight is 365 g/mol. The molecule has 0 atom stereocenters. The Labute approximate surface area is 145 Å². The van der Waals surface area contributed by atoms with Crippen molar-refractivity contribution in [3.8, 4) is 10.4 Å². The molecule has 120 valence electrons. The minimum absolute atomic E-state index is 0.0979. The van der Waals surface area contributed by atoms with Gasteiger partial charge in [-0.15, -0.1) is 22.7 Å². The first-order valence-corrected chi connectivity index (χ1v) is 9.90. The number of nitrogens with zero attached hydrogens (tertiary/aromatic N) is 2. The summed E-state index contributed by atoms with van der Waals surface area (Å²) in [6.45, 7) is 2.77. The van der Waals surface area contributed by atoms with E-state index in [4.69, 9.17) is 5.73 Å². The van der Waals surface area contributed by atoms with Crippen LogP contribution in [0.2, 0.25) is 0 Å². The van der Waals surface area contributed by atoms with Gasteiger partial charge in [0.15, 0.2) is 5.17 Å². The van der Waals surface area contributed by atoms with Crippen LogP contribution in [0.1, 0.15) is 19.2 Å². The smallest absolute Gasteiger partial charge is 0.260 e. The zero-order valence-corrected chi connectivity index (χ0v) is 15.0. The van der Waals surface area contributed by atoms with E-state index in [1.54, 1.807) is 11.3 Å². The fourth-order valence-electron chi connectivity index (χ4n) is 2.08. The minimum atomic E-state index is -0.0979. The predicted octanol–water partition coefficient (Wildman–Crippen LogP) is 3.67. The Morgan fingerprint density at radius 3 is 3.09 bits per heavy atom. The number of aromatic amines is 1. The average Bonchev–Trinajstić information content (AvgIpc) is 3.19. The van der Waals surface area contributed by atoms with E-state index in [2.05, 4.69) is 21.9 Å². The second-order valence-electron chi connectivity index (χ2n) is 4.83. The Hall–Kier alpha value is -1.64. The number of thiophene rings is 2. The van der Waals surface area contributed by atoms with Crippen LogP contribution in [0.15, 0.2) is 32.7 Å². The summed E-state index contributed by atoms with van der Waals surface area (Å²) in [6, 6.07) is 3.99. The number of aliphatic imine (C=N–C) groups is 1. The van der Waals surface area contributed by atoms with E-state index >= 15 is 0 Å². The molecule has 3 rings (SSSR count). The maximum atomic E-state index is 12.4. The number of rotatable bonds is 5. The molecular formula is C15H16N4OS3. The first-order valence-electron chi connectivity index (χ1n) is 7.16. The lowest BCUT2D eigenvalue weighted by Crippen LogP contribution is -2.13. The number of hydrogen-bond donors (Lipinski definition) is 2. The van der Waals surface area contributed by atoms with Gasteiger partial charge in [0.25, 0.3) is 5.56 Å². The molecule has 3 N–H and O–H groups in total. The van der Waals surface area contributed by atoms with Crippen LogP contribution in [-0.2, 0) is 5.75 Å². The van der Waals surface area contributed by atoms with E-state index in [1.165, 1.54) is 23.1 Å². The number of aromatic nitrogens is 2. The quantitative estimate of drug-likeness (QED) is 0.534. The molecule has 0 amide bonds. The third kappa shape index (κ3) is 3.65. The monoisotopic (exact) mass is 364 g/mol. The third-order valence-corrected chi connectivity index (χ3v) is 5.75. The lowest BCUT2D eigenvalue weighted by Gasteiger charge is -2.02. The molecule has 3 aromatic rings. The van der Waals surface area contributed by atoms with Crippen LogP contribution in [-0.4, -0.2) is 21.7 Å². The Morgan fingerprint density at radius 2 is 2.35 bits per heavy atom. The van der Waals surface area contributed by atoms with Crippen molar-refractivity contribution in [1.82, 2.24) is 9.97 Å². The van der Waals surface area contributed by atoms with Gasteiger partial charge >= 0.3 is 0 Å². The molecule has 0 aromatic carbocycles.